The van der Waals surface area contributed by atoms with Crippen LogP contribution in [0.5, 0.6) is 0 Å². The second-order valence-corrected chi connectivity index (χ2v) is 8.69. The van der Waals surface area contributed by atoms with E-state index in [1.54, 1.807) is 10.6 Å². The van der Waals surface area contributed by atoms with Crippen molar-refractivity contribution >= 4 is 34.7 Å². The summed E-state index contributed by atoms with van der Waals surface area (Å²) in [4.78, 5) is 28.4. The lowest BCUT2D eigenvalue weighted by atomic mass is 9.98. The van der Waals surface area contributed by atoms with Gasteiger partial charge in [-0.15, -0.1) is 0 Å². The fourth-order valence-electron chi connectivity index (χ4n) is 4.82. The number of halogens is 1. The molecule has 0 aliphatic carbocycles. The summed E-state index contributed by atoms with van der Waals surface area (Å²) >= 11 is 0. The zero-order chi connectivity index (χ0) is 25.1. The van der Waals surface area contributed by atoms with Crippen molar-refractivity contribution in [3.05, 3.63) is 88.0 Å². The van der Waals surface area contributed by atoms with Gasteiger partial charge in [0.2, 0.25) is 5.43 Å². The lowest BCUT2D eigenvalue weighted by Gasteiger charge is -2.36. The molecule has 0 atom stereocenters. The number of piperazine rings is 1. The highest BCUT2D eigenvalue weighted by atomic mass is 19.1. The van der Waals surface area contributed by atoms with Crippen molar-refractivity contribution < 1.29 is 14.3 Å². The number of fused-ring (bicyclic) bond motifs is 1. The minimum absolute atomic E-state index is 0.0893. The van der Waals surface area contributed by atoms with Crippen LogP contribution in [0, 0.1) is 5.82 Å². The van der Waals surface area contributed by atoms with Crippen LogP contribution in [0.1, 0.15) is 34.0 Å². The SMILES string of the molecule is C=Cc1cccc(CCN2CCN(c3cc4c(cc3F)c(=O)c(C(=O)O)cn4CC)CC2)c1C=C. The Labute approximate surface area is 204 Å². The van der Waals surface area contributed by atoms with Crippen LogP contribution in [0.2, 0.25) is 0 Å². The number of hydrogen-bond donors (Lipinski definition) is 1. The van der Waals surface area contributed by atoms with Gasteiger partial charge < -0.3 is 14.6 Å². The molecular formula is C28H30FN3O3. The molecule has 1 saturated heterocycles. The number of rotatable bonds is 8. The predicted octanol–water partition coefficient (Wildman–Crippen LogP) is 4.51. The molecule has 0 radical (unpaired) electrons. The van der Waals surface area contributed by atoms with Gasteiger partial charge in [0.1, 0.15) is 11.4 Å². The highest BCUT2D eigenvalue weighted by Gasteiger charge is 2.22. The average Bonchev–Trinajstić information content (AvgIpc) is 2.87. The Balaban J connectivity index is 1.50. The summed E-state index contributed by atoms with van der Waals surface area (Å²) in [6.07, 6.45) is 5.95. The molecule has 2 heterocycles. The number of hydrogen-bond acceptors (Lipinski definition) is 4. The van der Waals surface area contributed by atoms with Crippen LogP contribution < -0.4 is 10.3 Å². The molecule has 1 aromatic heterocycles. The first-order chi connectivity index (χ1) is 16.9. The van der Waals surface area contributed by atoms with Gasteiger partial charge in [-0.1, -0.05) is 43.5 Å². The molecule has 4 rings (SSSR count). The van der Waals surface area contributed by atoms with Gasteiger partial charge in [-0.25, -0.2) is 9.18 Å². The minimum Gasteiger partial charge on any atom is -0.477 e. The number of aromatic carboxylic acids is 1. The summed E-state index contributed by atoms with van der Waals surface area (Å²) in [5.41, 5.74) is 3.40. The topological polar surface area (TPSA) is 65.8 Å². The van der Waals surface area contributed by atoms with E-state index in [4.69, 9.17) is 0 Å². The normalized spacial score (nSPS) is 14.3. The molecule has 0 unspecified atom stereocenters. The van der Waals surface area contributed by atoms with Crippen molar-refractivity contribution in [3.63, 3.8) is 0 Å². The maximum atomic E-state index is 15.1. The fourth-order valence-corrected chi connectivity index (χ4v) is 4.82. The van der Waals surface area contributed by atoms with Crippen molar-refractivity contribution in [1.82, 2.24) is 9.47 Å². The van der Waals surface area contributed by atoms with Crippen molar-refractivity contribution in [2.24, 2.45) is 0 Å². The van der Waals surface area contributed by atoms with E-state index in [1.807, 2.05) is 36.1 Å². The minimum atomic E-state index is -1.31. The van der Waals surface area contributed by atoms with Gasteiger partial charge in [-0.2, -0.15) is 0 Å². The van der Waals surface area contributed by atoms with Crippen LogP contribution in [0.15, 0.2) is 54.5 Å². The smallest absolute Gasteiger partial charge is 0.341 e. The Morgan fingerprint density at radius 2 is 1.89 bits per heavy atom. The van der Waals surface area contributed by atoms with Gasteiger partial charge in [-0.3, -0.25) is 9.69 Å². The average molecular weight is 476 g/mol. The zero-order valence-corrected chi connectivity index (χ0v) is 20.0. The largest absolute Gasteiger partial charge is 0.477 e. The number of anilines is 1. The molecule has 6 nitrogen and oxygen atoms in total. The van der Waals surface area contributed by atoms with Gasteiger partial charge in [0, 0.05) is 50.9 Å². The Kier molecular flexibility index (Phi) is 7.17. The Morgan fingerprint density at radius 3 is 2.51 bits per heavy atom. The van der Waals surface area contributed by atoms with Crippen LogP contribution in [0.4, 0.5) is 10.1 Å². The number of carboxylic acids is 1. The number of aryl methyl sites for hydroxylation is 1. The second-order valence-electron chi connectivity index (χ2n) is 8.69. The van der Waals surface area contributed by atoms with Crippen molar-refractivity contribution in [3.8, 4) is 0 Å². The lowest BCUT2D eigenvalue weighted by molar-refractivity contribution is 0.0695. The molecule has 3 aromatic rings. The van der Waals surface area contributed by atoms with E-state index in [1.165, 1.54) is 17.8 Å². The summed E-state index contributed by atoms with van der Waals surface area (Å²) < 4.78 is 16.8. The first kappa shape index (κ1) is 24.4. The van der Waals surface area contributed by atoms with Crippen molar-refractivity contribution in [1.29, 1.82) is 0 Å². The molecule has 1 N–H and O–H groups in total. The molecule has 35 heavy (non-hydrogen) atoms. The van der Waals surface area contributed by atoms with Gasteiger partial charge in [-0.05, 0) is 42.2 Å². The van der Waals surface area contributed by atoms with E-state index in [0.717, 1.165) is 37.2 Å². The van der Waals surface area contributed by atoms with E-state index < -0.39 is 17.2 Å². The third-order valence-electron chi connectivity index (χ3n) is 6.78. The van der Waals surface area contributed by atoms with E-state index in [-0.39, 0.29) is 10.9 Å². The molecule has 2 aromatic carbocycles. The van der Waals surface area contributed by atoms with Crippen LogP contribution in [-0.2, 0) is 13.0 Å². The Hall–Kier alpha value is -3.71. The van der Waals surface area contributed by atoms with Gasteiger partial charge in [0.05, 0.1) is 11.2 Å². The number of pyridine rings is 1. The van der Waals surface area contributed by atoms with Crippen molar-refractivity contribution in [2.45, 2.75) is 19.9 Å². The van der Waals surface area contributed by atoms with Crippen LogP contribution in [0.3, 0.4) is 0 Å². The molecule has 1 aliphatic rings. The van der Waals surface area contributed by atoms with Crippen molar-refractivity contribution in [2.75, 3.05) is 37.6 Å². The molecular weight excluding hydrogens is 445 g/mol. The summed E-state index contributed by atoms with van der Waals surface area (Å²) in [6, 6.07) is 9.04. The number of benzene rings is 2. The lowest BCUT2D eigenvalue weighted by Crippen LogP contribution is -2.47. The molecule has 0 bridgehead atoms. The molecule has 1 fully saturated rings. The van der Waals surface area contributed by atoms with Crippen LogP contribution in [-0.4, -0.2) is 53.3 Å². The Bertz CT molecular complexity index is 1350. The maximum absolute atomic E-state index is 15.1. The van der Waals surface area contributed by atoms with E-state index in [0.29, 0.717) is 30.8 Å². The molecule has 7 heteroatoms. The summed E-state index contributed by atoms with van der Waals surface area (Å²) in [6.45, 7) is 14.0. The molecule has 0 saturated carbocycles. The van der Waals surface area contributed by atoms with Crippen LogP contribution in [0.25, 0.3) is 23.1 Å². The highest BCUT2D eigenvalue weighted by molar-refractivity contribution is 5.93. The molecule has 0 spiro atoms. The molecule has 0 amide bonds. The fraction of sp³-hybridized carbons (Fsp3) is 0.286. The van der Waals surface area contributed by atoms with E-state index in [2.05, 4.69) is 24.1 Å². The number of nitrogens with zero attached hydrogens (tertiary/aromatic N) is 3. The second kappa shape index (κ2) is 10.3. The summed E-state index contributed by atoms with van der Waals surface area (Å²) in [7, 11) is 0. The third kappa shape index (κ3) is 4.77. The Morgan fingerprint density at radius 1 is 1.14 bits per heavy atom. The highest BCUT2D eigenvalue weighted by Crippen LogP contribution is 2.27. The van der Waals surface area contributed by atoms with Crippen LogP contribution >= 0.6 is 0 Å². The quantitative estimate of drug-likeness (QED) is 0.519. The number of carbonyl (C=O) groups is 1. The zero-order valence-electron chi connectivity index (χ0n) is 20.0. The first-order valence-electron chi connectivity index (χ1n) is 11.8. The standard InChI is InChI=1S/C28H30FN3O3/c1-4-19-8-7-9-20(21(19)5-2)10-11-30-12-14-32(15-13-30)26-17-25-22(16-24(26)29)27(33)23(28(34)35)18-31(25)6-3/h4-5,7-9,16-18H,1-2,6,10-15H2,3H3,(H,34,35). The van der Waals surface area contributed by atoms with E-state index in [9.17, 15) is 14.7 Å². The monoisotopic (exact) mass is 475 g/mol. The number of carboxylic acid groups (broad SMARTS) is 1. The summed E-state index contributed by atoms with van der Waals surface area (Å²) in [5, 5.41) is 9.43. The maximum Gasteiger partial charge on any atom is 0.341 e. The third-order valence-corrected chi connectivity index (χ3v) is 6.78. The van der Waals surface area contributed by atoms with E-state index >= 15 is 4.39 Å². The van der Waals surface area contributed by atoms with Gasteiger partial charge >= 0.3 is 5.97 Å². The number of aromatic nitrogens is 1. The van der Waals surface area contributed by atoms with Gasteiger partial charge in [0.15, 0.2) is 0 Å². The molecule has 1 aliphatic heterocycles. The summed E-state index contributed by atoms with van der Waals surface area (Å²) in [5.74, 6) is -1.82. The first-order valence-corrected chi connectivity index (χ1v) is 11.8. The van der Waals surface area contributed by atoms with Gasteiger partial charge in [0.25, 0.3) is 0 Å². The predicted molar refractivity (Wildman–Crippen MR) is 140 cm³/mol. The molecule has 182 valence electrons.